The first-order valence-corrected chi connectivity index (χ1v) is 8.85. The van der Waals surface area contributed by atoms with Crippen LogP contribution in [0.25, 0.3) is 0 Å². The van der Waals surface area contributed by atoms with Crippen molar-refractivity contribution < 1.29 is 9.53 Å². The third-order valence-electron chi connectivity index (χ3n) is 5.18. The molecule has 3 nitrogen and oxygen atoms in total. The molecule has 2 aliphatic heterocycles. The Morgan fingerprint density at radius 2 is 1.83 bits per heavy atom. The number of ether oxygens (including phenoxy) is 1. The number of hydrogen-bond acceptors (Lipinski definition) is 2. The lowest BCUT2D eigenvalue weighted by Crippen LogP contribution is -2.51. The van der Waals surface area contributed by atoms with Gasteiger partial charge in [0.2, 0.25) is 0 Å². The second kappa shape index (κ2) is 6.14. The van der Waals surface area contributed by atoms with E-state index in [1.165, 1.54) is 5.56 Å². The van der Waals surface area contributed by atoms with E-state index < -0.39 is 0 Å². The van der Waals surface area contributed by atoms with Gasteiger partial charge in [-0.2, -0.15) is 0 Å². The molecule has 2 aromatic carbocycles. The van der Waals surface area contributed by atoms with Gasteiger partial charge in [-0.3, -0.25) is 4.79 Å². The van der Waals surface area contributed by atoms with Gasteiger partial charge in [0.25, 0.3) is 5.91 Å². The smallest absolute Gasteiger partial charge is 0.253 e. The lowest BCUT2D eigenvalue weighted by atomic mass is 9.83. The van der Waals surface area contributed by atoms with Crippen LogP contribution in [-0.2, 0) is 6.42 Å². The molecule has 0 aliphatic carbocycles. The number of aryl methyl sites for hydroxylation is 1. The van der Waals surface area contributed by atoms with E-state index in [0.29, 0.717) is 10.6 Å². The summed E-state index contributed by atoms with van der Waals surface area (Å²) in [6, 6.07) is 15.5. The molecule has 4 rings (SSSR count). The number of benzene rings is 2. The highest BCUT2D eigenvalue weighted by molar-refractivity contribution is 6.30. The van der Waals surface area contributed by atoms with Gasteiger partial charge in [0.15, 0.2) is 0 Å². The van der Waals surface area contributed by atoms with Crippen LogP contribution in [0, 0.1) is 0 Å². The van der Waals surface area contributed by atoms with Gasteiger partial charge in [-0.1, -0.05) is 35.9 Å². The average Bonchev–Trinajstić information content (AvgIpc) is 2.62. The van der Waals surface area contributed by atoms with Crippen LogP contribution in [0.2, 0.25) is 5.02 Å². The normalized spacial score (nSPS) is 18.8. The van der Waals surface area contributed by atoms with Crippen molar-refractivity contribution in [3.63, 3.8) is 0 Å². The number of halogens is 1. The van der Waals surface area contributed by atoms with Crippen LogP contribution in [0.4, 0.5) is 0 Å². The quantitative estimate of drug-likeness (QED) is 0.772. The monoisotopic (exact) mass is 341 g/mol. The van der Waals surface area contributed by atoms with Crippen molar-refractivity contribution in [2.75, 3.05) is 13.1 Å². The van der Waals surface area contributed by atoms with E-state index in [1.807, 2.05) is 23.1 Å². The van der Waals surface area contributed by atoms with Gasteiger partial charge in [-0.05, 0) is 42.7 Å². The van der Waals surface area contributed by atoms with E-state index in [-0.39, 0.29) is 11.5 Å². The van der Waals surface area contributed by atoms with Gasteiger partial charge >= 0.3 is 0 Å². The fraction of sp³-hybridized carbons (Fsp3) is 0.350. The first kappa shape index (κ1) is 15.5. The lowest BCUT2D eigenvalue weighted by Gasteiger charge is -2.44. The van der Waals surface area contributed by atoms with Gasteiger partial charge < -0.3 is 9.64 Å². The summed E-state index contributed by atoms with van der Waals surface area (Å²) in [6.45, 7) is 1.46. The van der Waals surface area contributed by atoms with Crippen molar-refractivity contribution in [1.82, 2.24) is 4.90 Å². The Labute approximate surface area is 147 Å². The first-order chi connectivity index (χ1) is 11.7. The van der Waals surface area contributed by atoms with Gasteiger partial charge in [0, 0.05) is 36.5 Å². The Balaban J connectivity index is 1.45. The summed E-state index contributed by atoms with van der Waals surface area (Å²) in [5.41, 5.74) is 1.84. The number of likely N-dealkylation sites (tertiary alicyclic amines) is 1. The zero-order chi connectivity index (χ0) is 16.6. The summed E-state index contributed by atoms with van der Waals surface area (Å²) in [4.78, 5) is 14.6. The molecule has 1 fully saturated rings. The fourth-order valence-electron chi connectivity index (χ4n) is 3.73. The minimum atomic E-state index is -0.112. The zero-order valence-corrected chi connectivity index (χ0v) is 14.3. The van der Waals surface area contributed by atoms with Crippen LogP contribution in [0.5, 0.6) is 5.75 Å². The summed E-state index contributed by atoms with van der Waals surface area (Å²) in [7, 11) is 0. The molecule has 24 heavy (non-hydrogen) atoms. The van der Waals surface area contributed by atoms with Gasteiger partial charge in [-0.25, -0.2) is 0 Å². The largest absolute Gasteiger partial charge is 0.487 e. The maximum absolute atomic E-state index is 12.6. The number of para-hydroxylation sites is 1. The maximum Gasteiger partial charge on any atom is 0.253 e. The van der Waals surface area contributed by atoms with E-state index in [4.69, 9.17) is 16.3 Å². The lowest BCUT2D eigenvalue weighted by molar-refractivity contribution is -0.0106. The van der Waals surface area contributed by atoms with Crippen molar-refractivity contribution in [1.29, 1.82) is 0 Å². The Bertz CT molecular complexity index is 766. The number of carbonyl (C=O) groups is 1. The maximum atomic E-state index is 12.6. The van der Waals surface area contributed by atoms with Crippen molar-refractivity contribution in [2.24, 2.45) is 0 Å². The second-order valence-electron chi connectivity index (χ2n) is 6.70. The number of hydrogen-bond donors (Lipinski definition) is 0. The predicted molar refractivity (Wildman–Crippen MR) is 94.7 cm³/mol. The zero-order valence-electron chi connectivity index (χ0n) is 13.5. The minimum Gasteiger partial charge on any atom is -0.487 e. The Morgan fingerprint density at radius 3 is 2.62 bits per heavy atom. The Morgan fingerprint density at radius 1 is 1.04 bits per heavy atom. The predicted octanol–water partition coefficient (Wildman–Crippen LogP) is 4.34. The van der Waals surface area contributed by atoms with Gasteiger partial charge in [0.1, 0.15) is 11.4 Å². The molecule has 0 N–H and O–H groups in total. The summed E-state index contributed by atoms with van der Waals surface area (Å²) in [5, 5.41) is 0.599. The molecule has 124 valence electrons. The average molecular weight is 342 g/mol. The molecule has 0 bridgehead atoms. The van der Waals surface area contributed by atoms with E-state index in [0.717, 1.165) is 44.5 Å². The van der Waals surface area contributed by atoms with E-state index in [2.05, 4.69) is 18.2 Å². The van der Waals surface area contributed by atoms with Crippen LogP contribution in [0.1, 0.15) is 35.2 Å². The van der Waals surface area contributed by atoms with Gasteiger partial charge in [-0.15, -0.1) is 0 Å². The van der Waals surface area contributed by atoms with Crippen LogP contribution in [0.3, 0.4) is 0 Å². The molecule has 0 saturated carbocycles. The molecule has 1 spiro atoms. The Kier molecular flexibility index (Phi) is 3.97. The van der Waals surface area contributed by atoms with Crippen LogP contribution >= 0.6 is 11.6 Å². The van der Waals surface area contributed by atoms with E-state index in [9.17, 15) is 4.79 Å². The third kappa shape index (κ3) is 2.89. The molecule has 1 saturated heterocycles. The van der Waals surface area contributed by atoms with Crippen LogP contribution in [0.15, 0.2) is 48.5 Å². The molecule has 4 heteroatoms. The Hall–Kier alpha value is -2.00. The summed E-state index contributed by atoms with van der Waals surface area (Å²) < 4.78 is 6.35. The highest BCUT2D eigenvalue weighted by Gasteiger charge is 2.40. The minimum absolute atomic E-state index is 0.0589. The van der Waals surface area contributed by atoms with Gasteiger partial charge in [0.05, 0.1) is 0 Å². The number of carbonyl (C=O) groups excluding carboxylic acids is 1. The van der Waals surface area contributed by atoms with Crippen LogP contribution < -0.4 is 4.74 Å². The SMILES string of the molecule is O=C(c1cccc(Cl)c1)N1CCC2(CCc3ccccc3O2)CC1. The molecular formula is C20H20ClNO2. The summed E-state index contributed by atoms with van der Waals surface area (Å²) in [5.74, 6) is 1.07. The molecule has 0 unspecified atom stereocenters. The number of piperidine rings is 1. The number of amides is 1. The molecule has 0 aromatic heterocycles. The second-order valence-corrected chi connectivity index (χ2v) is 7.13. The van der Waals surface area contributed by atoms with E-state index >= 15 is 0 Å². The molecular weight excluding hydrogens is 322 g/mol. The number of nitrogens with zero attached hydrogens (tertiary/aromatic N) is 1. The molecule has 0 radical (unpaired) electrons. The van der Waals surface area contributed by atoms with Crippen LogP contribution in [-0.4, -0.2) is 29.5 Å². The molecule has 2 aromatic rings. The third-order valence-corrected chi connectivity index (χ3v) is 5.42. The summed E-state index contributed by atoms with van der Waals surface area (Å²) >= 11 is 6.00. The number of rotatable bonds is 1. The van der Waals surface area contributed by atoms with Crippen molar-refractivity contribution >= 4 is 17.5 Å². The topological polar surface area (TPSA) is 29.5 Å². The first-order valence-electron chi connectivity index (χ1n) is 8.47. The number of fused-ring (bicyclic) bond motifs is 1. The standard InChI is InChI=1S/C20H20ClNO2/c21-17-6-3-5-16(14-17)19(23)22-12-10-20(11-13-22)9-8-15-4-1-2-7-18(15)24-20/h1-7,14H,8-13H2. The van der Waals surface area contributed by atoms with Crippen molar-refractivity contribution in [3.8, 4) is 5.75 Å². The molecule has 2 aliphatic rings. The fourth-order valence-corrected chi connectivity index (χ4v) is 3.92. The highest BCUT2D eigenvalue weighted by Crippen LogP contribution is 2.39. The van der Waals surface area contributed by atoms with Crippen molar-refractivity contribution in [3.05, 3.63) is 64.7 Å². The molecule has 0 atom stereocenters. The summed E-state index contributed by atoms with van der Waals surface area (Å²) in [6.07, 6.45) is 3.85. The van der Waals surface area contributed by atoms with E-state index in [1.54, 1.807) is 12.1 Å². The molecule has 2 heterocycles. The molecule has 1 amide bonds. The van der Waals surface area contributed by atoms with Crippen molar-refractivity contribution in [2.45, 2.75) is 31.3 Å². The highest BCUT2D eigenvalue weighted by atomic mass is 35.5.